The summed E-state index contributed by atoms with van der Waals surface area (Å²) < 4.78 is 0. The highest BCUT2D eigenvalue weighted by Crippen LogP contribution is 2.31. The van der Waals surface area contributed by atoms with Gasteiger partial charge in [0.15, 0.2) is 0 Å². The Balaban J connectivity index is 2.11. The van der Waals surface area contributed by atoms with Gasteiger partial charge in [0.25, 0.3) is 0 Å². The molecule has 0 radical (unpaired) electrons. The van der Waals surface area contributed by atoms with Gasteiger partial charge in [-0.25, -0.2) is 4.98 Å². The summed E-state index contributed by atoms with van der Waals surface area (Å²) in [6.07, 6.45) is 1.08. The summed E-state index contributed by atoms with van der Waals surface area (Å²) in [6.45, 7) is 3.05. The molecule has 19 heavy (non-hydrogen) atoms. The van der Waals surface area contributed by atoms with Crippen molar-refractivity contribution >= 4 is 40.8 Å². The molecule has 1 N–H and O–H groups in total. The highest BCUT2D eigenvalue weighted by atomic mass is 35.5. The lowest BCUT2D eigenvalue weighted by atomic mass is 10.4. The molecular weight excluding hydrogens is 299 g/mol. The maximum absolute atomic E-state index is 6.00. The zero-order valence-corrected chi connectivity index (χ0v) is 12.8. The molecule has 5 heteroatoms. The van der Waals surface area contributed by atoms with Crippen molar-refractivity contribution in [3.8, 4) is 0 Å². The summed E-state index contributed by atoms with van der Waals surface area (Å²) in [4.78, 5) is 5.56. The highest BCUT2D eigenvalue weighted by Gasteiger charge is 2.03. The number of nitrogens with one attached hydrogen (secondary N) is 1. The zero-order valence-electron chi connectivity index (χ0n) is 10.5. The molecule has 0 saturated carbocycles. The van der Waals surface area contributed by atoms with E-state index in [-0.39, 0.29) is 0 Å². The Hall–Kier alpha value is -0.900. The zero-order chi connectivity index (χ0) is 13.7. The Labute approximate surface area is 127 Å². The molecule has 1 aromatic carbocycles. The molecule has 0 aliphatic rings. The first-order valence-electron chi connectivity index (χ1n) is 6.03. The minimum Gasteiger partial charge on any atom is -0.370 e. The fourth-order valence-electron chi connectivity index (χ4n) is 1.48. The van der Waals surface area contributed by atoms with Crippen molar-refractivity contribution < 1.29 is 0 Å². The van der Waals surface area contributed by atoms with Crippen LogP contribution in [0.15, 0.2) is 46.3 Å². The monoisotopic (exact) mass is 312 g/mol. The third kappa shape index (κ3) is 4.30. The van der Waals surface area contributed by atoms with Gasteiger partial charge in [-0.05, 0) is 36.8 Å². The van der Waals surface area contributed by atoms with Crippen LogP contribution in [0.1, 0.15) is 13.3 Å². The first kappa shape index (κ1) is 14.5. The Bertz CT molecular complexity index is 561. The topological polar surface area (TPSA) is 24.9 Å². The van der Waals surface area contributed by atoms with Crippen LogP contribution in [-0.4, -0.2) is 11.5 Å². The number of nitrogens with zero attached hydrogens (tertiary/aromatic N) is 1. The predicted octanol–water partition coefficient (Wildman–Crippen LogP) is 5.36. The van der Waals surface area contributed by atoms with Gasteiger partial charge in [-0.1, -0.05) is 48.0 Å². The molecule has 2 nitrogen and oxygen atoms in total. The maximum Gasteiger partial charge on any atom is 0.127 e. The average molecular weight is 313 g/mol. The number of rotatable bonds is 5. The van der Waals surface area contributed by atoms with E-state index in [1.807, 2.05) is 30.3 Å². The molecule has 0 aliphatic heterocycles. The SMILES string of the molecule is CCCNc1cccc(Sc2ccc(Cl)c(Cl)c2)n1. The predicted molar refractivity (Wildman–Crippen MR) is 83.6 cm³/mol. The lowest BCUT2D eigenvalue weighted by molar-refractivity contribution is 0.960. The largest absolute Gasteiger partial charge is 0.370 e. The van der Waals surface area contributed by atoms with Crippen LogP contribution in [0.4, 0.5) is 5.82 Å². The van der Waals surface area contributed by atoms with Crippen molar-refractivity contribution in [2.75, 3.05) is 11.9 Å². The van der Waals surface area contributed by atoms with Crippen molar-refractivity contribution in [3.05, 3.63) is 46.4 Å². The molecule has 0 bridgehead atoms. The first-order valence-corrected chi connectivity index (χ1v) is 7.60. The van der Waals surface area contributed by atoms with E-state index in [9.17, 15) is 0 Å². The molecular formula is C14H14Cl2N2S. The van der Waals surface area contributed by atoms with Gasteiger partial charge in [0.1, 0.15) is 10.8 Å². The van der Waals surface area contributed by atoms with Crippen molar-refractivity contribution in [3.63, 3.8) is 0 Å². The summed E-state index contributed by atoms with van der Waals surface area (Å²) in [5.41, 5.74) is 0. The van der Waals surface area contributed by atoms with Crippen LogP contribution in [-0.2, 0) is 0 Å². The second-order valence-corrected chi connectivity index (χ2v) is 5.87. The Kier molecular flexibility index (Phi) is 5.37. The molecule has 2 rings (SSSR count). The Morgan fingerprint density at radius 2 is 2.00 bits per heavy atom. The normalized spacial score (nSPS) is 10.5. The van der Waals surface area contributed by atoms with Gasteiger partial charge in [0, 0.05) is 11.4 Å². The quantitative estimate of drug-likeness (QED) is 0.804. The number of aromatic nitrogens is 1. The molecule has 0 spiro atoms. The summed E-state index contributed by atoms with van der Waals surface area (Å²) in [7, 11) is 0. The lowest BCUT2D eigenvalue weighted by Gasteiger charge is -2.06. The van der Waals surface area contributed by atoms with Crippen LogP contribution >= 0.6 is 35.0 Å². The molecule has 1 aromatic heterocycles. The highest BCUT2D eigenvalue weighted by molar-refractivity contribution is 7.99. The first-order chi connectivity index (χ1) is 9.19. The molecule has 100 valence electrons. The molecule has 1 heterocycles. The van der Waals surface area contributed by atoms with Gasteiger partial charge in [0.2, 0.25) is 0 Å². The molecule has 2 aromatic rings. The van der Waals surface area contributed by atoms with E-state index >= 15 is 0 Å². The molecule has 0 unspecified atom stereocenters. The van der Waals surface area contributed by atoms with Gasteiger partial charge >= 0.3 is 0 Å². The Morgan fingerprint density at radius 3 is 2.74 bits per heavy atom. The minimum atomic E-state index is 0.562. The van der Waals surface area contributed by atoms with E-state index in [1.54, 1.807) is 17.8 Å². The van der Waals surface area contributed by atoms with Gasteiger partial charge in [-0.3, -0.25) is 0 Å². The number of anilines is 1. The van der Waals surface area contributed by atoms with Gasteiger partial charge in [-0.2, -0.15) is 0 Å². The smallest absolute Gasteiger partial charge is 0.127 e. The molecule has 0 saturated heterocycles. The van der Waals surface area contributed by atoms with Crippen molar-refractivity contribution in [1.29, 1.82) is 0 Å². The number of benzene rings is 1. The van der Waals surface area contributed by atoms with Crippen LogP contribution < -0.4 is 5.32 Å². The lowest BCUT2D eigenvalue weighted by Crippen LogP contribution is -2.01. The van der Waals surface area contributed by atoms with E-state index in [2.05, 4.69) is 17.2 Å². The summed E-state index contributed by atoms with van der Waals surface area (Å²) >= 11 is 13.5. The average Bonchev–Trinajstić information content (AvgIpc) is 2.41. The van der Waals surface area contributed by atoms with E-state index in [0.29, 0.717) is 10.0 Å². The number of halogens is 2. The van der Waals surface area contributed by atoms with E-state index in [0.717, 1.165) is 28.7 Å². The summed E-state index contributed by atoms with van der Waals surface area (Å²) in [5, 5.41) is 5.33. The van der Waals surface area contributed by atoms with Gasteiger partial charge in [0.05, 0.1) is 10.0 Å². The third-order valence-corrected chi connectivity index (χ3v) is 4.06. The van der Waals surface area contributed by atoms with Gasteiger partial charge in [-0.15, -0.1) is 0 Å². The Morgan fingerprint density at radius 1 is 1.16 bits per heavy atom. The second kappa shape index (κ2) is 7.04. The van der Waals surface area contributed by atoms with Crippen LogP contribution in [0, 0.1) is 0 Å². The van der Waals surface area contributed by atoms with Crippen LogP contribution in [0.2, 0.25) is 10.0 Å². The molecule has 0 amide bonds. The summed E-state index contributed by atoms with van der Waals surface area (Å²) in [6, 6.07) is 11.5. The fraction of sp³-hybridized carbons (Fsp3) is 0.214. The van der Waals surface area contributed by atoms with E-state index in [1.165, 1.54) is 0 Å². The molecule has 0 atom stereocenters. The van der Waals surface area contributed by atoms with Crippen molar-refractivity contribution in [2.45, 2.75) is 23.3 Å². The standard InChI is InChI=1S/C14H14Cl2N2S/c1-2-8-17-13-4-3-5-14(18-13)19-10-6-7-11(15)12(16)9-10/h3-7,9H,2,8H2,1H3,(H,17,18). The van der Waals surface area contributed by atoms with Crippen LogP contribution in [0.5, 0.6) is 0 Å². The van der Waals surface area contributed by atoms with E-state index in [4.69, 9.17) is 23.2 Å². The molecule has 0 fully saturated rings. The van der Waals surface area contributed by atoms with Gasteiger partial charge < -0.3 is 5.32 Å². The van der Waals surface area contributed by atoms with E-state index < -0.39 is 0 Å². The maximum atomic E-state index is 6.00. The number of hydrogen-bond donors (Lipinski definition) is 1. The van der Waals surface area contributed by atoms with Crippen molar-refractivity contribution in [1.82, 2.24) is 4.98 Å². The van der Waals surface area contributed by atoms with Crippen LogP contribution in [0.25, 0.3) is 0 Å². The fourth-order valence-corrected chi connectivity index (χ4v) is 2.69. The minimum absolute atomic E-state index is 0.562. The number of pyridine rings is 1. The third-order valence-electron chi connectivity index (χ3n) is 2.39. The molecule has 0 aliphatic carbocycles. The second-order valence-electron chi connectivity index (χ2n) is 3.97. The number of hydrogen-bond acceptors (Lipinski definition) is 3. The van der Waals surface area contributed by atoms with Crippen molar-refractivity contribution in [2.24, 2.45) is 0 Å². The summed E-state index contributed by atoms with van der Waals surface area (Å²) in [5.74, 6) is 0.895. The van der Waals surface area contributed by atoms with Crippen LogP contribution in [0.3, 0.4) is 0 Å².